The van der Waals surface area contributed by atoms with Crippen molar-refractivity contribution >= 4 is 35.0 Å². The third kappa shape index (κ3) is 7.38. The number of carbonyl (C=O) groups excluding carboxylic acids is 2. The Kier molecular flexibility index (Phi) is 9.82. The van der Waals surface area contributed by atoms with Crippen LogP contribution in [0.25, 0.3) is 0 Å². The molecule has 8 heteroatoms. The second kappa shape index (κ2) is 13.0. The van der Waals surface area contributed by atoms with Gasteiger partial charge in [-0.3, -0.25) is 9.59 Å². The third-order valence-corrected chi connectivity index (χ3v) is 6.12. The average molecular weight is 515 g/mol. The average Bonchev–Trinajstić information content (AvgIpc) is 2.87. The molecule has 0 heterocycles. The molecule has 0 radical (unpaired) electrons. The molecular weight excluding hydrogens is 487 g/mol. The Morgan fingerprint density at radius 2 is 1.60 bits per heavy atom. The van der Waals surface area contributed by atoms with Gasteiger partial charge in [-0.05, 0) is 42.3 Å². The summed E-state index contributed by atoms with van der Waals surface area (Å²) >= 11 is 12.3. The number of methoxy groups -OCH3 is 1. The van der Waals surface area contributed by atoms with Gasteiger partial charge in [-0.15, -0.1) is 0 Å². The number of nitrogens with one attached hydrogen (secondary N) is 1. The van der Waals surface area contributed by atoms with Crippen LogP contribution in [-0.4, -0.2) is 43.0 Å². The molecule has 0 aliphatic rings. The smallest absolute Gasteiger partial charge is 0.261 e. The van der Waals surface area contributed by atoms with Gasteiger partial charge < -0.3 is 19.7 Å². The van der Waals surface area contributed by atoms with E-state index in [-0.39, 0.29) is 25.0 Å². The molecule has 6 nitrogen and oxygen atoms in total. The van der Waals surface area contributed by atoms with Gasteiger partial charge in [0.15, 0.2) is 18.1 Å². The Morgan fingerprint density at radius 3 is 2.26 bits per heavy atom. The Morgan fingerprint density at radius 1 is 0.914 bits per heavy atom. The van der Waals surface area contributed by atoms with E-state index in [1.165, 1.54) is 12.0 Å². The molecule has 0 unspecified atom stereocenters. The minimum absolute atomic E-state index is 0.152. The van der Waals surface area contributed by atoms with Crippen molar-refractivity contribution in [2.45, 2.75) is 25.9 Å². The van der Waals surface area contributed by atoms with E-state index in [1.54, 1.807) is 36.4 Å². The van der Waals surface area contributed by atoms with Crippen molar-refractivity contribution in [1.82, 2.24) is 10.2 Å². The van der Waals surface area contributed by atoms with Gasteiger partial charge >= 0.3 is 0 Å². The van der Waals surface area contributed by atoms with E-state index in [4.69, 9.17) is 32.7 Å². The maximum Gasteiger partial charge on any atom is 0.261 e. The maximum atomic E-state index is 13.5. The molecule has 2 amide bonds. The van der Waals surface area contributed by atoms with Crippen molar-refractivity contribution < 1.29 is 19.1 Å². The van der Waals surface area contributed by atoms with E-state index >= 15 is 0 Å². The molecule has 3 aromatic rings. The third-order valence-electron chi connectivity index (χ3n) is 5.38. The van der Waals surface area contributed by atoms with Gasteiger partial charge in [0.1, 0.15) is 6.04 Å². The molecule has 184 valence electrons. The lowest BCUT2D eigenvalue weighted by Gasteiger charge is -2.31. The van der Waals surface area contributed by atoms with Gasteiger partial charge in [0.2, 0.25) is 5.91 Å². The van der Waals surface area contributed by atoms with Crippen LogP contribution in [-0.2, 0) is 22.6 Å². The zero-order valence-electron chi connectivity index (χ0n) is 19.7. The summed E-state index contributed by atoms with van der Waals surface area (Å²) in [4.78, 5) is 28.2. The second-order valence-electron chi connectivity index (χ2n) is 7.81. The summed E-state index contributed by atoms with van der Waals surface area (Å²) in [6.07, 6.45) is 0.342. The van der Waals surface area contributed by atoms with Crippen LogP contribution in [0, 0.1) is 0 Å². The predicted molar refractivity (Wildman–Crippen MR) is 138 cm³/mol. The van der Waals surface area contributed by atoms with Crippen molar-refractivity contribution in [3.8, 4) is 11.5 Å². The van der Waals surface area contributed by atoms with E-state index < -0.39 is 6.04 Å². The fourth-order valence-electron chi connectivity index (χ4n) is 3.64. The minimum Gasteiger partial charge on any atom is -0.493 e. The van der Waals surface area contributed by atoms with E-state index in [2.05, 4.69) is 5.32 Å². The SMILES string of the molecule is CCNC(=O)[C@H](Cc1ccccc1)N(Cc1ccc(Cl)c(Cl)c1)C(=O)COc1ccccc1OC. The first kappa shape index (κ1) is 26.4. The molecule has 1 atom stereocenters. The molecule has 0 saturated carbocycles. The summed E-state index contributed by atoms with van der Waals surface area (Å²) in [5.74, 6) is 0.354. The Balaban J connectivity index is 1.92. The number of halogens is 2. The number of amides is 2. The molecule has 1 N–H and O–H groups in total. The summed E-state index contributed by atoms with van der Waals surface area (Å²) in [7, 11) is 1.53. The number of para-hydroxylation sites is 2. The van der Waals surface area contributed by atoms with Gasteiger partial charge in [-0.25, -0.2) is 0 Å². The number of benzene rings is 3. The molecule has 0 bridgehead atoms. The zero-order valence-corrected chi connectivity index (χ0v) is 21.2. The first-order valence-corrected chi connectivity index (χ1v) is 12.0. The standard InChI is InChI=1S/C27H28Cl2N2O4/c1-3-30-27(33)23(16-19-9-5-4-6-10-19)31(17-20-13-14-21(28)22(29)15-20)26(32)18-35-25-12-8-7-11-24(25)34-2/h4-15,23H,3,16-18H2,1-2H3,(H,30,33)/t23-/m0/s1. The molecule has 35 heavy (non-hydrogen) atoms. The van der Waals surface area contributed by atoms with Crippen LogP contribution in [0.15, 0.2) is 72.8 Å². The number of carbonyl (C=O) groups is 2. The summed E-state index contributed by atoms with van der Waals surface area (Å²) in [5.41, 5.74) is 1.67. The Bertz CT molecular complexity index is 1140. The van der Waals surface area contributed by atoms with Crippen molar-refractivity contribution in [2.24, 2.45) is 0 Å². The number of likely N-dealkylation sites (N-methyl/N-ethyl adjacent to an activating group) is 1. The lowest BCUT2D eigenvalue weighted by molar-refractivity contribution is -0.142. The first-order chi connectivity index (χ1) is 16.9. The second-order valence-corrected chi connectivity index (χ2v) is 8.62. The van der Waals surface area contributed by atoms with E-state index in [0.29, 0.717) is 34.5 Å². The quantitative estimate of drug-likeness (QED) is 0.383. The van der Waals surface area contributed by atoms with Gasteiger partial charge in [0, 0.05) is 19.5 Å². The van der Waals surface area contributed by atoms with Crippen LogP contribution >= 0.6 is 23.2 Å². The van der Waals surface area contributed by atoms with E-state index in [9.17, 15) is 9.59 Å². The molecule has 0 fully saturated rings. The van der Waals surface area contributed by atoms with Crippen molar-refractivity contribution in [3.63, 3.8) is 0 Å². The number of rotatable bonds is 11. The monoisotopic (exact) mass is 514 g/mol. The normalized spacial score (nSPS) is 11.4. The van der Waals surface area contributed by atoms with Crippen LogP contribution in [0.5, 0.6) is 11.5 Å². The molecule has 0 aliphatic heterocycles. The van der Waals surface area contributed by atoms with Crippen molar-refractivity contribution in [2.75, 3.05) is 20.3 Å². The molecule has 3 aromatic carbocycles. The van der Waals surface area contributed by atoms with Crippen molar-refractivity contribution in [3.05, 3.63) is 94.0 Å². The lowest BCUT2D eigenvalue weighted by atomic mass is 10.0. The first-order valence-electron chi connectivity index (χ1n) is 11.2. The fraction of sp³-hybridized carbons (Fsp3) is 0.259. The van der Waals surface area contributed by atoms with Crippen molar-refractivity contribution in [1.29, 1.82) is 0 Å². The van der Waals surface area contributed by atoms with Crippen LogP contribution in [0.4, 0.5) is 0 Å². The maximum absolute atomic E-state index is 13.5. The summed E-state index contributed by atoms with van der Waals surface area (Å²) in [6, 6.07) is 21.0. The Labute approximate surface area is 215 Å². The van der Waals surface area contributed by atoms with Gasteiger partial charge in [0.05, 0.1) is 17.2 Å². The molecule has 3 rings (SSSR count). The van der Waals surface area contributed by atoms with Crippen LogP contribution in [0.1, 0.15) is 18.1 Å². The highest BCUT2D eigenvalue weighted by Crippen LogP contribution is 2.27. The lowest BCUT2D eigenvalue weighted by Crippen LogP contribution is -2.51. The van der Waals surface area contributed by atoms with E-state index in [0.717, 1.165) is 11.1 Å². The largest absolute Gasteiger partial charge is 0.493 e. The van der Waals surface area contributed by atoms with E-state index in [1.807, 2.05) is 43.3 Å². The van der Waals surface area contributed by atoms with Gasteiger partial charge in [0.25, 0.3) is 5.91 Å². The van der Waals surface area contributed by atoms with Crippen LogP contribution in [0.2, 0.25) is 10.0 Å². The van der Waals surface area contributed by atoms with Crippen LogP contribution in [0.3, 0.4) is 0 Å². The minimum atomic E-state index is -0.763. The molecule has 0 saturated heterocycles. The molecule has 0 aromatic heterocycles. The summed E-state index contributed by atoms with van der Waals surface area (Å²) in [6.45, 7) is 2.16. The highest BCUT2D eigenvalue weighted by atomic mass is 35.5. The van der Waals surface area contributed by atoms with Gasteiger partial charge in [-0.2, -0.15) is 0 Å². The summed E-state index contributed by atoms with van der Waals surface area (Å²) < 4.78 is 11.1. The van der Waals surface area contributed by atoms with Crippen LogP contribution < -0.4 is 14.8 Å². The highest BCUT2D eigenvalue weighted by molar-refractivity contribution is 6.42. The predicted octanol–water partition coefficient (Wildman–Crippen LogP) is 5.16. The summed E-state index contributed by atoms with van der Waals surface area (Å²) in [5, 5.41) is 3.65. The molecule has 0 aliphatic carbocycles. The zero-order chi connectivity index (χ0) is 25.2. The fourth-order valence-corrected chi connectivity index (χ4v) is 3.96. The molecule has 0 spiro atoms. The Hall–Kier alpha value is -3.22. The number of hydrogen-bond donors (Lipinski definition) is 1. The molecular formula is C27H28Cl2N2O4. The number of ether oxygens (including phenoxy) is 2. The topological polar surface area (TPSA) is 67.9 Å². The number of hydrogen-bond acceptors (Lipinski definition) is 4. The highest BCUT2D eigenvalue weighted by Gasteiger charge is 2.30. The van der Waals surface area contributed by atoms with Gasteiger partial charge in [-0.1, -0.05) is 71.7 Å². The number of nitrogens with zero attached hydrogens (tertiary/aromatic N) is 1.